The molecule has 1 atom stereocenters. The van der Waals surface area contributed by atoms with E-state index >= 15 is 0 Å². The Morgan fingerprint density at radius 2 is 2.14 bits per heavy atom. The van der Waals surface area contributed by atoms with E-state index in [0.29, 0.717) is 11.1 Å². The molecule has 0 aliphatic carbocycles. The van der Waals surface area contributed by atoms with Crippen molar-refractivity contribution in [1.29, 1.82) is 0 Å². The molecule has 1 unspecified atom stereocenters. The molecular weight excluding hydrogens is 300 g/mol. The molecule has 5 heteroatoms. The van der Waals surface area contributed by atoms with Crippen molar-refractivity contribution < 1.29 is 4.74 Å². The van der Waals surface area contributed by atoms with Crippen molar-refractivity contribution in [2.75, 3.05) is 18.6 Å². The Morgan fingerprint density at radius 3 is 2.86 bits per heavy atom. The van der Waals surface area contributed by atoms with Crippen molar-refractivity contribution in [1.82, 2.24) is 9.97 Å². The maximum absolute atomic E-state index is 5.80. The highest BCUT2D eigenvalue weighted by molar-refractivity contribution is 8.00. The molecule has 1 aliphatic rings. The third-order valence-electron chi connectivity index (χ3n) is 3.44. The minimum absolute atomic E-state index is 0.608. The Hall–Kier alpha value is -1.20. The van der Waals surface area contributed by atoms with Crippen LogP contribution in [0.15, 0.2) is 41.6 Å². The third kappa shape index (κ3) is 3.92. The van der Waals surface area contributed by atoms with Crippen LogP contribution in [0.2, 0.25) is 0 Å². The molecule has 1 fully saturated rings. The fourth-order valence-corrected chi connectivity index (χ4v) is 3.85. The van der Waals surface area contributed by atoms with Gasteiger partial charge in [-0.05, 0) is 37.0 Å². The van der Waals surface area contributed by atoms with Gasteiger partial charge in [-0.2, -0.15) is 11.8 Å². The van der Waals surface area contributed by atoms with Gasteiger partial charge < -0.3 is 4.74 Å². The number of nitrogens with zero attached hydrogens (tertiary/aromatic N) is 2. The zero-order chi connectivity index (χ0) is 14.5. The zero-order valence-electron chi connectivity index (χ0n) is 12.0. The molecular formula is C16H18N2OS2. The average molecular weight is 318 g/mol. The van der Waals surface area contributed by atoms with Crippen LogP contribution < -0.4 is 4.74 Å². The summed E-state index contributed by atoms with van der Waals surface area (Å²) in [5.74, 6) is 1.87. The second-order valence-corrected chi connectivity index (χ2v) is 7.20. The molecule has 0 N–H and O–H groups in total. The molecule has 0 spiro atoms. The lowest BCUT2D eigenvalue weighted by molar-refractivity contribution is 0.302. The van der Waals surface area contributed by atoms with Crippen molar-refractivity contribution in [2.45, 2.75) is 23.0 Å². The van der Waals surface area contributed by atoms with Gasteiger partial charge in [0, 0.05) is 15.7 Å². The average Bonchev–Trinajstić information content (AvgIpc) is 3.07. The van der Waals surface area contributed by atoms with Crippen LogP contribution in [0.4, 0.5) is 0 Å². The molecule has 2 heterocycles. The monoisotopic (exact) mass is 318 g/mol. The largest absolute Gasteiger partial charge is 0.475 e. The Bertz CT molecular complexity index is 583. The van der Waals surface area contributed by atoms with Crippen molar-refractivity contribution >= 4 is 23.5 Å². The van der Waals surface area contributed by atoms with Gasteiger partial charge in [0.1, 0.15) is 6.61 Å². The first-order valence-corrected chi connectivity index (χ1v) is 9.33. The van der Waals surface area contributed by atoms with E-state index in [9.17, 15) is 0 Å². The van der Waals surface area contributed by atoms with Crippen LogP contribution in [0.25, 0.3) is 11.3 Å². The predicted molar refractivity (Wildman–Crippen MR) is 90.2 cm³/mol. The summed E-state index contributed by atoms with van der Waals surface area (Å²) in [5.41, 5.74) is 1.93. The molecule has 1 saturated heterocycles. The lowest BCUT2D eigenvalue weighted by Gasteiger charge is -2.10. The van der Waals surface area contributed by atoms with Crippen molar-refractivity contribution in [2.24, 2.45) is 0 Å². The van der Waals surface area contributed by atoms with E-state index in [1.165, 1.54) is 23.5 Å². The summed E-state index contributed by atoms with van der Waals surface area (Å²) < 4.78 is 5.80. The first-order valence-electron chi connectivity index (χ1n) is 7.06. The molecule has 110 valence electrons. The second kappa shape index (κ2) is 7.18. The number of benzene rings is 1. The number of aromatic nitrogens is 2. The lowest BCUT2D eigenvalue weighted by atomic mass is 10.2. The topological polar surface area (TPSA) is 35.0 Å². The quantitative estimate of drug-likeness (QED) is 0.774. The van der Waals surface area contributed by atoms with Gasteiger partial charge in [0.15, 0.2) is 0 Å². The van der Waals surface area contributed by atoms with Crippen molar-refractivity contribution in [3.8, 4) is 17.1 Å². The fraction of sp³-hybridized carbons (Fsp3) is 0.375. The van der Waals surface area contributed by atoms with Gasteiger partial charge in [-0.3, -0.25) is 4.98 Å². The van der Waals surface area contributed by atoms with E-state index in [1.54, 1.807) is 24.2 Å². The molecule has 0 bridgehead atoms. The fourth-order valence-electron chi connectivity index (χ4n) is 2.27. The highest BCUT2D eigenvalue weighted by atomic mass is 32.2. The van der Waals surface area contributed by atoms with E-state index in [0.717, 1.165) is 17.9 Å². The number of hydrogen-bond acceptors (Lipinski definition) is 5. The van der Waals surface area contributed by atoms with E-state index in [2.05, 4.69) is 40.5 Å². The summed E-state index contributed by atoms with van der Waals surface area (Å²) in [6, 6.07) is 8.35. The predicted octanol–water partition coefficient (Wildman–Crippen LogP) is 4.14. The number of ether oxygens (including phenoxy) is 1. The maximum atomic E-state index is 5.80. The Labute approximate surface area is 133 Å². The third-order valence-corrected chi connectivity index (χ3v) is 5.55. The van der Waals surface area contributed by atoms with Crippen LogP contribution in [0.3, 0.4) is 0 Å². The molecule has 1 aromatic heterocycles. The molecule has 3 rings (SSSR count). The van der Waals surface area contributed by atoms with Crippen molar-refractivity contribution in [3.63, 3.8) is 0 Å². The smallest absolute Gasteiger partial charge is 0.232 e. The van der Waals surface area contributed by atoms with E-state index in [4.69, 9.17) is 4.74 Å². The van der Waals surface area contributed by atoms with Gasteiger partial charge in [-0.1, -0.05) is 12.1 Å². The standard InChI is InChI=1S/C16H18N2OS2/c1-20-13-6-4-12(5-7-13)15-9-17-10-16(18-15)19-11-14-3-2-8-21-14/h4-7,9-10,14H,2-3,8,11H2,1H3. The Morgan fingerprint density at radius 1 is 1.29 bits per heavy atom. The van der Waals surface area contributed by atoms with Gasteiger partial charge in [0.25, 0.3) is 0 Å². The van der Waals surface area contributed by atoms with Crippen LogP contribution in [0, 0.1) is 0 Å². The molecule has 1 aliphatic heterocycles. The van der Waals surface area contributed by atoms with Gasteiger partial charge in [0.2, 0.25) is 5.88 Å². The molecule has 2 aromatic rings. The summed E-state index contributed by atoms with van der Waals surface area (Å²) in [4.78, 5) is 10.1. The van der Waals surface area contributed by atoms with Gasteiger partial charge in [-0.15, -0.1) is 11.8 Å². The van der Waals surface area contributed by atoms with Crippen LogP contribution in [0.1, 0.15) is 12.8 Å². The molecule has 0 saturated carbocycles. The maximum Gasteiger partial charge on any atom is 0.232 e. The molecule has 0 radical (unpaired) electrons. The number of thioether (sulfide) groups is 2. The second-order valence-electron chi connectivity index (χ2n) is 4.92. The SMILES string of the molecule is CSc1ccc(-c2cncc(OCC3CCCS3)n2)cc1. The highest BCUT2D eigenvalue weighted by Crippen LogP contribution is 2.27. The summed E-state index contributed by atoms with van der Waals surface area (Å²) in [5, 5.41) is 0.608. The molecule has 3 nitrogen and oxygen atoms in total. The number of rotatable bonds is 5. The van der Waals surface area contributed by atoms with E-state index < -0.39 is 0 Å². The summed E-state index contributed by atoms with van der Waals surface area (Å²) >= 11 is 3.73. The van der Waals surface area contributed by atoms with E-state index in [1.807, 2.05) is 11.8 Å². The minimum Gasteiger partial charge on any atom is -0.475 e. The van der Waals surface area contributed by atoms with Crippen LogP contribution in [0.5, 0.6) is 5.88 Å². The van der Waals surface area contributed by atoms with Crippen molar-refractivity contribution in [3.05, 3.63) is 36.7 Å². The molecule has 21 heavy (non-hydrogen) atoms. The molecule has 1 aromatic carbocycles. The van der Waals surface area contributed by atoms with Gasteiger partial charge >= 0.3 is 0 Å². The lowest BCUT2D eigenvalue weighted by Crippen LogP contribution is -2.11. The van der Waals surface area contributed by atoms with E-state index in [-0.39, 0.29) is 0 Å². The van der Waals surface area contributed by atoms with Gasteiger partial charge in [0.05, 0.1) is 18.1 Å². The summed E-state index contributed by atoms with van der Waals surface area (Å²) in [6.07, 6.45) is 8.09. The molecule has 0 amide bonds. The Kier molecular flexibility index (Phi) is 5.04. The first-order chi connectivity index (χ1) is 10.3. The minimum atomic E-state index is 0.608. The van der Waals surface area contributed by atoms with Gasteiger partial charge in [-0.25, -0.2) is 4.98 Å². The van der Waals surface area contributed by atoms with Crippen LogP contribution >= 0.6 is 23.5 Å². The first kappa shape index (κ1) is 14.7. The Balaban J connectivity index is 1.69. The number of hydrogen-bond donors (Lipinski definition) is 0. The highest BCUT2D eigenvalue weighted by Gasteiger charge is 2.16. The summed E-state index contributed by atoms with van der Waals surface area (Å²) in [6.45, 7) is 0.730. The normalized spacial score (nSPS) is 17.9. The van der Waals surface area contributed by atoms with Crippen LogP contribution in [-0.2, 0) is 0 Å². The van der Waals surface area contributed by atoms with Crippen LogP contribution in [-0.4, -0.2) is 33.8 Å². The zero-order valence-corrected chi connectivity index (χ0v) is 13.6. The summed E-state index contributed by atoms with van der Waals surface area (Å²) in [7, 11) is 0.